The number of hydrogen-bond donors (Lipinski definition) is 2. The van der Waals surface area contributed by atoms with Gasteiger partial charge in [0.25, 0.3) is 0 Å². The van der Waals surface area contributed by atoms with Crippen molar-refractivity contribution in [2.45, 2.75) is 32.1 Å². The van der Waals surface area contributed by atoms with Gasteiger partial charge in [-0.25, -0.2) is 4.79 Å². The zero-order valence-electron chi connectivity index (χ0n) is 13.2. The second-order valence-corrected chi connectivity index (χ2v) is 5.63. The highest BCUT2D eigenvalue weighted by Gasteiger charge is 2.27. The van der Waals surface area contributed by atoms with E-state index in [1.807, 2.05) is 13.0 Å². The molecule has 4 heteroatoms. The van der Waals surface area contributed by atoms with Crippen molar-refractivity contribution < 1.29 is 19.8 Å². The molecular weight excluding hydrogens is 292 g/mol. The average molecular weight is 312 g/mol. The first-order valence-electron chi connectivity index (χ1n) is 7.56. The number of carbonyl (C=O) groups excluding carboxylic acids is 1. The standard InChI is InChI=1S/C19H20O4/c1-3-17(14-5-4-6-15(11-14)19(22)23)18(12(2)20)13-7-9-16(21)10-8-13/h4-11,17-18,21H,3H2,1-2H3,(H,22,23)/t17-,18-/m1/s1. The van der Waals surface area contributed by atoms with Crippen molar-refractivity contribution in [1.29, 1.82) is 0 Å². The summed E-state index contributed by atoms with van der Waals surface area (Å²) < 4.78 is 0. The highest BCUT2D eigenvalue weighted by Crippen LogP contribution is 2.37. The van der Waals surface area contributed by atoms with Gasteiger partial charge in [0.2, 0.25) is 0 Å². The Morgan fingerprint density at radius 2 is 1.70 bits per heavy atom. The number of carboxylic acid groups (broad SMARTS) is 1. The summed E-state index contributed by atoms with van der Waals surface area (Å²) in [7, 11) is 0. The summed E-state index contributed by atoms with van der Waals surface area (Å²) in [5.74, 6) is -1.30. The van der Waals surface area contributed by atoms with Crippen LogP contribution in [0.1, 0.15) is 53.6 Å². The van der Waals surface area contributed by atoms with E-state index in [1.165, 1.54) is 0 Å². The number of phenolic OH excluding ortho intramolecular Hbond substituents is 1. The lowest BCUT2D eigenvalue weighted by Gasteiger charge is -2.25. The molecule has 0 radical (unpaired) electrons. The average Bonchev–Trinajstić information content (AvgIpc) is 2.53. The summed E-state index contributed by atoms with van der Waals surface area (Å²) >= 11 is 0. The zero-order chi connectivity index (χ0) is 17.0. The molecule has 0 saturated heterocycles. The molecule has 4 nitrogen and oxygen atoms in total. The van der Waals surface area contributed by atoms with Crippen molar-refractivity contribution >= 4 is 11.8 Å². The molecule has 0 heterocycles. The number of rotatable bonds is 6. The predicted molar refractivity (Wildman–Crippen MR) is 88.0 cm³/mol. The van der Waals surface area contributed by atoms with Crippen LogP contribution in [0.4, 0.5) is 0 Å². The smallest absolute Gasteiger partial charge is 0.335 e. The lowest BCUT2D eigenvalue weighted by molar-refractivity contribution is -0.119. The van der Waals surface area contributed by atoms with Crippen LogP contribution >= 0.6 is 0 Å². The summed E-state index contributed by atoms with van der Waals surface area (Å²) in [5, 5.41) is 18.6. The van der Waals surface area contributed by atoms with E-state index in [4.69, 9.17) is 5.11 Å². The molecule has 2 aromatic carbocycles. The molecule has 120 valence electrons. The molecule has 0 saturated carbocycles. The van der Waals surface area contributed by atoms with E-state index in [-0.39, 0.29) is 28.9 Å². The topological polar surface area (TPSA) is 74.6 Å². The molecule has 0 fully saturated rings. The van der Waals surface area contributed by atoms with Crippen molar-refractivity contribution in [3.8, 4) is 5.75 Å². The Morgan fingerprint density at radius 1 is 1.04 bits per heavy atom. The molecule has 0 aliphatic rings. The number of hydrogen-bond acceptors (Lipinski definition) is 3. The van der Waals surface area contributed by atoms with Crippen LogP contribution < -0.4 is 0 Å². The molecule has 0 aliphatic carbocycles. The van der Waals surface area contributed by atoms with Gasteiger partial charge in [0.05, 0.1) is 5.56 Å². The molecule has 0 amide bonds. The molecular formula is C19H20O4. The number of phenols is 1. The normalized spacial score (nSPS) is 13.3. The van der Waals surface area contributed by atoms with E-state index in [0.29, 0.717) is 6.42 Å². The third kappa shape index (κ3) is 3.77. The van der Waals surface area contributed by atoms with E-state index in [1.54, 1.807) is 49.4 Å². The minimum absolute atomic E-state index is 0.0169. The van der Waals surface area contributed by atoms with Gasteiger partial charge in [0, 0.05) is 5.92 Å². The van der Waals surface area contributed by atoms with Gasteiger partial charge in [-0.1, -0.05) is 31.2 Å². The van der Waals surface area contributed by atoms with Gasteiger partial charge in [-0.2, -0.15) is 0 Å². The fourth-order valence-electron chi connectivity index (χ4n) is 3.00. The number of Topliss-reactive ketones (excluding diaryl/α,β-unsaturated/α-hetero) is 1. The number of ketones is 1. The molecule has 0 bridgehead atoms. The molecule has 2 N–H and O–H groups in total. The van der Waals surface area contributed by atoms with Crippen molar-refractivity contribution in [3.63, 3.8) is 0 Å². The maximum absolute atomic E-state index is 12.2. The molecule has 2 rings (SSSR count). The van der Waals surface area contributed by atoms with Gasteiger partial charge in [0.15, 0.2) is 0 Å². The summed E-state index contributed by atoms with van der Waals surface area (Å²) in [6, 6.07) is 13.3. The van der Waals surface area contributed by atoms with Gasteiger partial charge in [-0.15, -0.1) is 0 Å². The molecule has 0 aliphatic heterocycles. The molecule has 23 heavy (non-hydrogen) atoms. The lowest BCUT2D eigenvalue weighted by atomic mass is 9.77. The van der Waals surface area contributed by atoms with Crippen LogP contribution in [0.3, 0.4) is 0 Å². The fraction of sp³-hybridized carbons (Fsp3) is 0.263. The minimum atomic E-state index is -0.981. The maximum atomic E-state index is 12.2. The third-order valence-electron chi connectivity index (χ3n) is 4.09. The summed E-state index contributed by atoms with van der Waals surface area (Å²) in [4.78, 5) is 23.4. The van der Waals surface area contributed by atoms with E-state index < -0.39 is 5.97 Å². The number of benzene rings is 2. The van der Waals surface area contributed by atoms with Gasteiger partial charge in [-0.05, 0) is 54.7 Å². The summed E-state index contributed by atoms with van der Waals surface area (Å²) in [6.07, 6.45) is 0.703. The van der Waals surface area contributed by atoms with Crippen LogP contribution in [-0.4, -0.2) is 22.0 Å². The Kier molecular flexibility index (Phi) is 5.16. The number of aromatic carboxylic acids is 1. The van der Waals surface area contributed by atoms with Gasteiger partial charge < -0.3 is 10.2 Å². The van der Waals surface area contributed by atoms with Crippen LogP contribution in [0.5, 0.6) is 5.75 Å². The Balaban J connectivity index is 2.47. The second kappa shape index (κ2) is 7.09. The van der Waals surface area contributed by atoms with Crippen molar-refractivity contribution in [2.24, 2.45) is 0 Å². The van der Waals surface area contributed by atoms with Gasteiger partial charge in [0.1, 0.15) is 11.5 Å². The first kappa shape index (κ1) is 16.7. The second-order valence-electron chi connectivity index (χ2n) is 5.63. The van der Waals surface area contributed by atoms with Crippen LogP contribution in [0.15, 0.2) is 48.5 Å². The van der Waals surface area contributed by atoms with Gasteiger partial charge in [-0.3, -0.25) is 4.79 Å². The monoisotopic (exact) mass is 312 g/mol. The Bertz CT molecular complexity index is 704. The van der Waals surface area contributed by atoms with Crippen molar-refractivity contribution in [3.05, 3.63) is 65.2 Å². The quantitative estimate of drug-likeness (QED) is 0.846. The number of carboxylic acids is 1. The molecule has 0 spiro atoms. The van der Waals surface area contributed by atoms with Crippen molar-refractivity contribution in [2.75, 3.05) is 0 Å². The highest BCUT2D eigenvalue weighted by atomic mass is 16.4. The lowest BCUT2D eigenvalue weighted by Crippen LogP contribution is -2.18. The first-order valence-corrected chi connectivity index (χ1v) is 7.56. The minimum Gasteiger partial charge on any atom is -0.508 e. The summed E-state index contributed by atoms with van der Waals surface area (Å²) in [5.41, 5.74) is 1.87. The van der Waals surface area contributed by atoms with Crippen LogP contribution in [0.2, 0.25) is 0 Å². The Labute approximate surface area is 135 Å². The van der Waals surface area contributed by atoms with E-state index >= 15 is 0 Å². The highest BCUT2D eigenvalue weighted by molar-refractivity contribution is 5.88. The molecule has 0 unspecified atom stereocenters. The molecule has 0 aromatic heterocycles. The third-order valence-corrected chi connectivity index (χ3v) is 4.09. The van der Waals surface area contributed by atoms with Gasteiger partial charge >= 0.3 is 5.97 Å². The van der Waals surface area contributed by atoms with E-state index in [9.17, 15) is 14.7 Å². The Hall–Kier alpha value is -2.62. The molecule has 2 atom stereocenters. The number of aromatic hydroxyl groups is 1. The summed E-state index contributed by atoms with van der Waals surface area (Å²) in [6.45, 7) is 3.52. The fourth-order valence-corrected chi connectivity index (χ4v) is 3.00. The number of carbonyl (C=O) groups is 2. The Morgan fingerprint density at radius 3 is 2.22 bits per heavy atom. The van der Waals surface area contributed by atoms with E-state index in [2.05, 4.69) is 0 Å². The van der Waals surface area contributed by atoms with Crippen molar-refractivity contribution in [1.82, 2.24) is 0 Å². The zero-order valence-corrected chi connectivity index (χ0v) is 13.2. The van der Waals surface area contributed by atoms with Crippen LogP contribution in [0, 0.1) is 0 Å². The van der Waals surface area contributed by atoms with Crippen LogP contribution in [-0.2, 0) is 4.79 Å². The predicted octanol–water partition coefficient (Wildman–Crippen LogP) is 3.96. The van der Waals surface area contributed by atoms with Crippen LogP contribution in [0.25, 0.3) is 0 Å². The maximum Gasteiger partial charge on any atom is 0.335 e. The SMILES string of the molecule is CC[C@H](c1cccc(C(=O)O)c1)[C@H](C(C)=O)c1ccc(O)cc1. The van der Waals surface area contributed by atoms with E-state index in [0.717, 1.165) is 11.1 Å². The first-order chi connectivity index (χ1) is 10.9. The largest absolute Gasteiger partial charge is 0.508 e. The molecule has 2 aromatic rings.